The molecule has 0 atom stereocenters. The first-order chi connectivity index (χ1) is 42.5. The number of rotatable bonds is 16. The maximum absolute atomic E-state index is 15.7. The Balaban J connectivity index is 0.879. The molecular weight excluding hydrogens is 1050 g/mol. The van der Waals surface area contributed by atoms with Crippen molar-refractivity contribution in [2.45, 2.75) is 13.1 Å². The molecule has 6 nitrogen and oxygen atoms in total. The average molecular weight is 1110 g/mol. The molecule has 0 saturated carbocycles. The van der Waals surface area contributed by atoms with Gasteiger partial charge in [0.1, 0.15) is 0 Å². The molecule has 2 heterocycles. The molecule has 2 aliphatic rings. The van der Waals surface area contributed by atoms with Crippen LogP contribution in [0.15, 0.2) is 339 Å². The van der Waals surface area contributed by atoms with Crippen LogP contribution in [0, 0.1) is 0 Å². The summed E-state index contributed by atoms with van der Waals surface area (Å²) in [4.78, 5) is 39.6. The van der Waals surface area contributed by atoms with Crippen LogP contribution in [0.1, 0.15) is 22.3 Å². The summed E-state index contributed by atoms with van der Waals surface area (Å²) in [7, 11) is 0. The Labute approximate surface area is 502 Å². The van der Waals surface area contributed by atoms with Crippen molar-refractivity contribution < 1.29 is 9.59 Å². The number of hydrogen-bond acceptors (Lipinski definition) is 4. The quantitative estimate of drug-likeness (QED) is 0.0967. The van der Waals surface area contributed by atoms with Crippen molar-refractivity contribution in [3.63, 3.8) is 0 Å². The van der Waals surface area contributed by atoms with Crippen molar-refractivity contribution in [2.75, 3.05) is 9.80 Å². The van der Waals surface area contributed by atoms with Gasteiger partial charge in [-0.3, -0.25) is 9.59 Å². The highest BCUT2D eigenvalue weighted by atomic mass is 16.2. The summed E-state index contributed by atoms with van der Waals surface area (Å²) in [6.45, 7) is 0.549. The lowest BCUT2D eigenvalue weighted by Gasteiger charge is -2.28. The summed E-state index contributed by atoms with van der Waals surface area (Å²) in [5.74, 6) is -0.439. The molecule has 410 valence electrons. The largest absolute Gasteiger partial charge is 0.311 e. The van der Waals surface area contributed by atoms with E-state index in [1.54, 1.807) is 0 Å². The van der Waals surface area contributed by atoms with Crippen molar-refractivity contribution in [1.82, 2.24) is 9.80 Å². The third-order valence-corrected chi connectivity index (χ3v) is 16.3. The van der Waals surface area contributed by atoms with Crippen LogP contribution in [0.25, 0.3) is 55.9 Å². The molecule has 86 heavy (non-hydrogen) atoms. The Morgan fingerprint density at radius 3 is 0.616 bits per heavy atom. The van der Waals surface area contributed by atoms with Gasteiger partial charge in [0, 0.05) is 34.1 Å². The molecule has 14 rings (SSSR count). The van der Waals surface area contributed by atoms with Gasteiger partial charge in [0.25, 0.3) is 11.8 Å². The van der Waals surface area contributed by atoms with Gasteiger partial charge < -0.3 is 19.6 Å². The second kappa shape index (κ2) is 23.5. The molecule has 2 aliphatic heterocycles. The predicted molar refractivity (Wildman–Crippen MR) is 352 cm³/mol. The molecule has 0 fully saturated rings. The van der Waals surface area contributed by atoms with Crippen LogP contribution in [0.4, 0.5) is 34.1 Å². The van der Waals surface area contributed by atoms with E-state index in [0.717, 1.165) is 101 Å². The Morgan fingerprint density at radius 2 is 0.395 bits per heavy atom. The molecule has 0 aliphatic carbocycles. The van der Waals surface area contributed by atoms with Gasteiger partial charge in [-0.1, -0.05) is 255 Å². The van der Waals surface area contributed by atoms with Crippen molar-refractivity contribution >= 4 is 57.3 Å². The van der Waals surface area contributed by atoms with Crippen LogP contribution in [0.2, 0.25) is 0 Å². The minimum atomic E-state index is -0.219. The number of carbonyl (C=O) groups is 2. The molecule has 0 aromatic heterocycles. The summed E-state index contributed by atoms with van der Waals surface area (Å²) in [6, 6.07) is 113. The third-order valence-electron chi connectivity index (χ3n) is 16.3. The summed E-state index contributed by atoms with van der Waals surface area (Å²) in [6.07, 6.45) is 0. The summed E-state index contributed by atoms with van der Waals surface area (Å²) < 4.78 is 0. The smallest absolute Gasteiger partial charge is 0.261 e. The van der Waals surface area contributed by atoms with Crippen LogP contribution in [0.3, 0.4) is 0 Å². The van der Waals surface area contributed by atoms with E-state index in [0.29, 0.717) is 22.5 Å². The SMILES string of the molecule is O=C1C2=C(c3ccc(N(c4ccc(-c5ccccc5)cc4)c4ccc(-c5ccccc5)cc4)cc3)N(Cc3ccccc3)C(=O)C2=C(c2ccc(N(c3ccc(-c4ccccc4)cc3)c3ccc(-c4ccccc4)cc3)cc2)N1Cc1ccccc1. The first-order valence-electron chi connectivity index (χ1n) is 29.1. The van der Waals surface area contributed by atoms with E-state index < -0.39 is 0 Å². The molecule has 2 amide bonds. The van der Waals surface area contributed by atoms with Gasteiger partial charge in [-0.05, 0) is 140 Å². The van der Waals surface area contributed by atoms with Gasteiger partial charge in [0.15, 0.2) is 0 Å². The lowest BCUT2D eigenvalue weighted by Crippen LogP contribution is -2.29. The van der Waals surface area contributed by atoms with Crippen LogP contribution in [0.5, 0.6) is 0 Å². The maximum atomic E-state index is 15.7. The molecule has 12 aromatic carbocycles. The number of fused-ring (bicyclic) bond motifs is 1. The van der Waals surface area contributed by atoms with Crippen LogP contribution in [-0.2, 0) is 22.7 Å². The van der Waals surface area contributed by atoms with Crippen molar-refractivity contribution in [2.24, 2.45) is 0 Å². The van der Waals surface area contributed by atoms with E-state index in [9.17, 15) is 0 Å². The zero-order chi connectivity index (χ0) is 57.8. The summed E-state index contributed by atoms with van der Waals surface area (Å²) in [5, 5.41) is 0. The van der Waals surface area contributed by atoms with E-state index in [1.165, 1.54) is 0 Å². The van der Waals surface area contributed by atoms with E-state index >= 15 is 9.59 Å². The fourth-order valence-corrected chi connectivity index (χ4v) is 12.0. The molecule has 0 unspecified atom stereocenters. The molecule has 0 radical (unpaired) electrons. The second-order valence-corrected chi connectivity index (χ2v) is 21.6. The standard InChI is InChI=1S/C80H58N4O2/c85-79-76-75(77(81(79)55-57-19-7-1-8-20-57)67-39-51-73(52-40-67)83(69-43-31-63(32-44-69)59-23-11-3-12-24-59)70-45-33-64(34-46-70)60-25-13-4-14-26-60)80(86)82(56-58-21-9-2-10-22-58)78(76)68-41-53-74(54-42-68)84(71-47-35-65(36-48-71)61-27-15-5-16-28-61)72-49-37-66(38-50-72)62-29-17-6-18-30-62/h1-54H,55-56H2. The second-order valence-electron chi connectivity index (χ2n) is 21.6. The Kier molecular flexibility index (Phi) is 14.4. The van der Waals surface area contributed by atoms with E-state index in [1.807, 2.05) is 94.7 Å². The van der Waals surface area contributed by atoms with Gasteiger partial charge in [-0.2, -0.15) is 0 Å². The van der Waals surface area contributed by atoms with Crippen molar-refractivity contribution in [1.29, 1.82) is 0 Å². The number of carbonyl (C=O) groups excluding carboxylic acids is 2. The minimum absolute atomic E-state index is 0.219. The minimum Gasteiger partial charge on any atom is -0.311 e. The molecule has 0 spiro atoms. The molecule has 0 saturated heterocycles. The van der Waals surface area contributed by atoms with Crippen LogP contribution in [-0.4, -0.2) is 21.6 Å². The number of nitrogens with zero attached hydrogens (tertiary/aromatic N) is 4. The fraction of sp³-hybridized carbons (Fsp3) is 0.0250. The van der Waals surface area contributed by atoms with Gasteiger partial charge in [-0.25, -0.2) is 0 Å². The zero-order valence-corrected chi connectivity index (χ0v) is 47.2. The van der Waals surface area contributed by atoms with Crippen LogP contribution >= 0.6 is 0 Å². The van der Waals surface area contributed by atoms with E-state index in [2.05, 4.69) is 252 Å². The lowest BCUT2D eigenvalue weighted by atomic mass is 10.0. The first-order valence-corrected chi connectivity index (χ1v) is 29.1. The molecule has 6 heteroatoms. The predicted octanol–water partition coefficient (Wildman–Crippen LogP) is 19.5. The maximum Gasteiger partial charge on any atom is 0.261 e. The highest BCUT2D eigenvalue weighted by molar-refractivity contribution is 6.30. The molecule has 0 N–H and O–H groups in total. The first kappa shape index (κ1) is 52.7. The summed E-state index contributed by atoms with van der Waals surface area (Å²) >= 11 is 0. The molecular formula is C80H58N4O2. The van der Waals surface area contributed by atoms with Gasteiger partial charge in [0.2, 0.25) is 0 Å². The topological polar surface area (TPSA) is 47.1 Å². The average Bonchev–Trinajstić information content (AvgIpc) is 1.95. The number of anilines is 6. The van der Waals surface area contributed by atoms with Gasteiger partial charge in [0.05, 0.1) is 35.6 Å². The normalized spacial score (nSPS) is 12.9. The zero-order valence-electron chi connectivity index (χ0n) is 47.2. The fourth-order valence-electron chi connectivity index (χ4n) is 12.0. The number of amides is 2. The number of benzene rings is 12. The van der Waals surface area contributed by atoms with Crippen LogP contribution < -0.4 is 9.80 Å². The highest BCUT2D eigenvalue weighted by Gasteiger charge is 2.49. The van der Waals surface area contributed by atoms with E-state index in [4.69, 9.17) is 0 Å². The van der Waals surface area contributed by atoms with Gasteiger partial charge in [-0.15, -0.1) is 0 Å². The Morgan fingerprint density at radius 1 is 0.209 bits per heavy atom. The van der Waals surface area contributed by atoms with Crippen molar-refractivity contribution in [3.8, 4) is 44.5 Å². The molecule has 0 bridgehead atoms. The Hall–Kier alpha value is -11.3. The highest BCUT2D eigenvalue weighted by Crippen LogP contribution is 2.49. The van der Waals surface area contributed by atoms with Gasteiger partial charge >= 0.3 is 0 Å². The van der Waals surface area contributed by atoms with Crippen molar-refractivity contribution in [3.05, 3.63) is 361 Å². The molecule has 12 aromatic rings. The summed E-state index contributed by atoms with van der Waals surface area (Å²) in [5.41, 5.74) is 20.3. The number of hydrogen-bond donors (Lipinski definition) is 0. The van der Waals surface area contributed by atoms with E-state index in [-0.39, 0.29) is 24.9 Å². The Bertz CT molecular complexity index is 3950. The third kappa shape index (κ3) is 10.5. The monoisotopic (exact) mass is 1110 g/mol. The lowest BCUT2D eigenvalue weighted by molar-refractivity contribution is -0.124.